The fourth-order valence-electron chi connectivity index (χ4n) is 2.01. The van der Waals surface area contributed by atoms with Gasteiger partial charge in [0.25, 0.3) is 10.0 Å². The van der Waals surface area contributed by atoms with E-state index in [0.29, 0.717) is 5.69 Å². The standard InChI is InChI=1S/C17H16INO4S/c1-23-17(20)12-7-13-19(16-11-6-5-10-15(16)18)24(21,22)14-8-3-2-4-9-14/h2-12H,13H2,1H3/b12-7+. The number of carbonyl (C=O) groups excluding carboxylic acids is 1. The van der Waals surface area contributed by atoms with Crippen LogP contribution in [0.25, 0.3) is 0 Å². The monoisotopic (exact) mass is 457 g/mol. The van der Waals surface area contributed by atoms with Crippen molar-refractivity contribution in [2.75, 3.05) is 18.0 Å². The maximum atomic E-state index is 13.0. The molecule has 0 aliphatic carbocycles. The van der Waals surface area contributed by atoms with Crippen LogP contribution in [0.2, 0.25) is 0 Å². The number of nitrogens with zero attached hydrogens (tertiary/aromatic N) is 1. The lowest BCUT2D eigenvalue weighted by molar-refractivity contribution is -0.134. The number of sulfonamides is 1. The minimum atomic E-state index is -3.76. The quantitative estimate of drug-likeness (QED) is 0.380. The predicted octanol–water partition coefficient (Wildman–Crippen LogP) is 3.22. The van der Waals surface area contributed by atoms with Crippen LogP contribution < -0.4 is 4.31 Å². The largest absolute Gasteiger partial charge is 0.466 e. The van der Waals surface area contributed by atoms with E-state index in [2.05, 4.69) is 27.3 Å². The van der Waals surface area contributed by atoms with Gasteiger partial charge in [0.15, 0.2) is 0 Å². The normalized spacial score (nSPS) is 11.4. The van der Waals surface area contributed by atoms with Gasteiger partial charge in [0, 0.05) is 9.65 Å². The molecule has 7 heteroatoms. The summed E-state index contributed by atoms with van der Waals surface area (Å²) in [7, 11) is -2.49. The van der Waals surface area contributed by atoms with E-state index in [0.717, 1.165) is 3.57 Å². The van der Waals surface area contributed by atoms with Crippen molar-refractivity contribution in [2.24, 2.45) is 0 Å². The van der Waals surface area contributed by atoms with Crippen LogP contribution in [0.4, 0.5) is 5.69 Å². The van der Waals surface area contributed by atoms with E-state index in [9.17, 15) is 13.2 Å². The Morgan fingerprint density at radius 1 is 1.12 bits per heavy atom. The van der Waals surface area contributed by atoms with Crippen LogP contribution in [-0.4, -0.2) is 28.0 Å². The summed E-state index contributed by atoms with van der Waals surface area (Å²) in [6.45, 7) is 0.0202. The summed E-state index contributed by atoms with van der Waals surface area (Å²) in [6, 6.07) is 15.4. The van der Waals surface area contributed by atoms with E-state index in [1.807, 2.05) is 12.1 Å². The number of esters is 1. The molecule has 0 spiro atoms. The Labute approximate surface area is 155 Å². The summed E-state index contributed by atoms with van der Waals surface area (Å²) >= 11 is 2.09. The van der Waals surface area contributed by atoms with E-state index in [4.69, 9.17) is 0 Å². The molecule has 0 unspecified atom stereocenters. The van der Waals surface area contributed by atoms with Crippen molar-refractivity contribution in [1.29, 1.82) is 0 Å². The third-order valence-electron chi connectivity index (χ3n) is 3.18. The van der Waals surface area contributed by atoms with Gasteiger partial charge in [0.2, 0.25) is 0 Å². The Bertz CT molecular complexity index is 835. The van der Waals surface area contributed by atoms with Crippen LogP contribution >= 0.6 is 22.6 Å². The molecule has 126 valence electrons. The number of hydrogen-bond donors (Lipinski definition) is 0. The molecule has 0 aliphatic rings. The smallest absolute Gasteiger partial charge is 0.330 e. The third-order valence-corrected chi connectivity index (χ3v) is 5.88. The summed E-state index contributed by atoms with van der Waals surface area (Å²) in [5.41, 5.74) is 0.552. The second-order valence-corrected chi connectivity index (χ2v) is 7.75. The molecular formula is C17H16INO4S. The van der Waals surface area contributed by atoms with Gasteiger partial charge in [-0.05, 0) is 46.9 Å². The zero-order valence-corrected chi connectivity index (χ0v) is 15.9. The Kier molecular flexibility index (Phi) is 6.38. The van der Waals surface area contributed by atoms with Crippen molar-refractivity contribution in [3.8, 4) is 0 Å². The highest BCUT2D eigenvalue weighted by Crippen LogP contribution is 2.28. The number of rotatable bonds is 6. The number of carbonyl (C=O) groups is 1. The van der Waals surface area contributed by atoms with Gasteiger partial charge in [0.05, 0.1) is 24.2 Å². The van der Waals surface area contributed by atoms with Crippen LogP contribution in [-0.2, 0) is 19.6 Å². The molecule has 0 aromatic heterocycles. The van der Waals surface area contributed by atoms with Crippen LogP contribution in [0.5, 0.6) is 0 Å². The van der Waals surface area contributed by atoms with E-state index < -0.39 is 16.0 Å². The molecule has 24 heavy (non-hydrogen) atoms. The molecule has 2 rings (SSSR count). The van der Waals surface area contributed by atoms with Gasteiger partial charge in [-0.15, -0.1) is 0 Å². The Balaban J connectivity index is 2.45. The Morgan fingerprint density at radius 2 is 1.75 bits per heavy atom. The summed E-state index contributed by atoms with van der Waals surface area (Å²) < 4.78 is 32.6. The number of anilines is 1. The lowest BCUT2D eigenvalue weighted by Gasteiger charge is -2.24. The van der Waals surface area contributed by atoms with Crippen LogP contribution in [0, 0.1) is 3.57 Å². The van der Waals surface area contributed by atoms with Crippen molar-refractivity contribution in [3.63, 3.8) is 0 Å². The molecule has 0 N–H and O–H groups in total. The van der Waals surface area contributed by atoms with E-state index >= 15 is 0 Å². The molecule has 0 atom stereocenters. The molecule has 2 aromatic rings. The number of methoxy groups -OCH3 is 1. The molecule has 0 amide bonds. The van der Waals surface area contributed by atoms with Crippen LogP contribution in [0.3, 0.4) is 0 Å². The molecule has 0 saturated heterocycles. The first-order valence-corrected chi connectivity index (χ1v) is 9.55. The van der Waals surface area contributed by atoms with E-state index in [1.54, 1.807) is 42.5 Å². The Morgan fingerprint density at radius 3 is 2.38 bits per heavy atom. The summed E-state index contributed by atoms with van der Waals surface area (Å²) in [4.78, 5) is 11.4. The lowest BCUT2D eigenvalue weighted by Crippen LogP contribution is -2.32. The van der Waals surface area contributed by atoms with Gasteiger partial charge >= 0.3 is 5.97 Å². The Hall–Kier alpha value is -1.87. The first kappa shape index (κ1) is 18.5. The molecule has 2 aromatic carbocycles. The van der Waals surface area contributed by atoms with Gasteiger partial charge in [-0.3, -0.25) is 4.31 Å². The SMILES string of the molecule is COC(=O)/C=C/CN(c1ccccc1I)S(=O)(=O)c1ccccc1. The maximum Gasteiger partial charge on any atom is 0.330 e. The van der Waals surface area contributed by atoms with Crippen molar-refractivity contribution in [3.05, 3.63) is 70.3 Å². The molecule has 5 nitrogen and oxygen atoms in total. The second kappa shape index (κ2) is 8.29. The summed E-state index contributed by atoms with van der Waals surface area (Å²) in [5.74, 6) is -0.533. The van der Waals surface area contributed by atoms with Crippen molar-refractivity contribution in [2.45, 2.75) is 4.90 Å². The summed E-state index contributed by atoms with van der Waals surface area (Å²) in [6.07, 6.45) is 2.68. The molecule has 0 bridgehead atoms. The van der Waals surface area contributed by atoms with Crippen molar-refractivity contribution in [1.82, 2.24) is 0 Å². The highest BCUT2D eigenvalue weighted by molar-refractivity contribution is 14.1. The van der Waals surface area contributed by atoms with Crippen LogP contribution in [0.1, 0.15) is 0 Å². The third kappa shape index (κ3) is 4.35. The van der Waals surface area contributed by atoms with Gasteiger partial charge in [0.1, 0.15) is 0 Å². The van der Waals surface area contributed by atoms with Gasteiger partial charge < -0.3 is 4.74 Å². The predicted molar refractivity (Wildman–Crippen MR) is 101 cm³/mol. The molecule has 0 saturated carbocycles. The minimum Gasteiger partial charge on any atom is -0.466 e. The summed E-state index contributed by atoms with van der Waals surface area (Å²) in [5, 5.41) is 0. The number of halogens is 1. The zero-order chi connectivity index (χ0) is 17.6. The van der Waals surface area contributed by atoms with Gasteiger partial charge in [-0.25, -0.2) is 13.2 Å². The lowest BCUT2D eigenvalue weighted by atomic mass is 10.3. The maximum absolute atomic E-state index is 13.0. The molecule has 0 aliphatic heterocycles. The number of ether oxygens (including phenoxy) is 1. The topological polar surface area (TPSA) is 63.7 Å². The highest BCUT2D eigenvalue weighted by Gasteiger charge is 2.25. The van der Waals surface area contributed by atoms with Gasteiger partial charge in [-0.1, -0.05) is 36.4 Å². The molecule has 0 fully saturated rings. The van der Waals surface area contributed by atoms with Crippen LogP contribution in [0.15, 0.2) is 71.6 Å². The second-order valence-electron chi connectivity index (χ2n) is 4.73. The van der Waals surface area contributed by atoms with E-state index in [-0.39, 0.29) is 11.4 Å². The van der Waals surface area contributed by atoms with Gasteiger partial charge in [-0.2, -0.15) is 0 Å². The first-order chi connectivity index (χ1) is 11.5. The van der Waals surface area contributed by atoms with E-state index in [1.165, 1.54) is 23.6 Å². The first-order valence-electron chi connectivity index (χ1n) is 7.03. The fraction of sp³-hybridized carbons (Fsp3) is 0.118. The number of hydrogen-bond acceptors (Lipinski definition) is 4. The minimum absolute atomic E-state index is 0.0202. The number of para-hydroxylation sites is 1. The number of benzene rings is 2. The van der Waals surface area contributed by atoms with Crippen molar-refractivity contribution >= 4 is 44.3 Å². The fourth-order valence-corrected chi connectivity index (χ4v) is 4.31. The molecule has 0 radical (unpaired) electrons. The molecular weight excluding hydrogens is 441 g/mol. The van der Waals surface area contributed by atoms with Crippen molar-refractivity contribution < 1.29 is 17.9 Å². The average molecular weight is 457 g/mol. The highest BCUT2D eigenvalue weighted by atomic mass is 127. The molecule has 0 heterocycles. The zero-order valence-electron chi connectivity index (χ0n) is 12.9. The average Bonchev–Trinajstić information content (AvgIpc) is 2.60.